The van der Waals surface area contributed by atoms with Crippen molar-refractivity contribution in [1.29, 1.82) is 0 Å². The van der Waals surface area contributed by atoms with Crippen LogP contribution in [0.3, 0.4) is 0 Å². The molecular formula is C12H20O3S. The zero-order valence-electron chi connectivity index (χ0n) is 9.65. The second-order valence-corrected chi connectivity index (χ2v) is 7.42. The highest BCUT2D eigenvalue weighted by Gasteiger charge is 2.36. The highest BCUT2D eigenvalue weighted by Crippen LogP contribution is 2.29. The summed E-state index contributed by atoms with van der Waals surface area (Å²) in [6, 6.07) is 0. The van der Waals surface area contributed by atoms with Crippen LogP contribution in [0, 0.1) is 11.8 Å². The number of sulfone groups is 1. The van der Waals surface area contributed by atoms with Crippen molar-refractivity contribution in [3.05, 3.63) is 0 Å². The lowest BCUT2D eigenvalue weighted by atomic mass is 9.87. The predicted octanol–water partition coefficient (Wildman–Crippen LogP) is 1.96. The van der Waals surface area contributed by atoms with E-state index >= 15 is 0 Å². The van der Waals surface area contributed by atoms with Gasteiger partial charge < -0.3 is 0 Å². The van der Waals surface area contributed by atoms with E-state index in [1.54, 1.807) is 0 Å². The fourth-order valence-corrected chi connectivity index (χ4v) is 4.67. The first-order valence-electron chi connectivity index (χ1n) is 6.33. The minimum absolute atomic E-state index is 0.113. The molecule has 1 saturated heterocycles. The highest BCUT2D eigenvalue weighted by atomic mass is 32.2. The van der Waals surface area contributed by atoms with E-state index in [2.05, 4.69) is 0 Å². The fourth-order valence-electron chi connectivity index (χ4n) is 2.92. The number of carbonyl (C=O) groups excluding carboxylic acids is 1. The van der Waals surface area contributed by atoms with Crippen LogP contribution in [0.5, 0.6) is 0 Å². The third kappa shape index (κ3) is 2.84. The Bertz CT molecular complexity index is 350. The lowest BCUT2D eigenvalue weighted by Gasteiger charge is -2.16. The van der Waals surface area contributed by atoms with Gasteiger partial charge in [0.15, 0.2) is 9.84 Å². The highest BCUT2D eigenvalue weighted by molar-refractivity contribution is 7.91. The molecule has 2 rings (SSSR count). The maximum absolute atomic E-state index is 12.2. The van der Waals surface area contributed by atoms with Crippen molar-refractivity contribution in [2.24, 2.45) is 11.8 Å². The first-order valence-corrected chi connectivity index (χ1v) is 8.15. The minimum Gasteiger partial charge on any atom is -0.299 e. The van der Waals surface area contributed by atoms with Gasteiger partial charge in [0.1, 0.15) is 5.78 Å². The zero-order valence-corrected chi connectivity index (χ0v) is 10.5. The quantitative estimate of drug-likeness (QED) is 0.698. The molecule has 1 aliphatic carbocycles. The summed E-state index contributed by atoms with van der Waals surface area (Å²) in [5.74, 6) is 0.537. The number of rotatable bonds is 2. The average Bonchev–Trinajstić information content (AvgIpc) is 2.48. The van der Waals surface area contributed by atoms with Gasteiger partial charge in [0, 0.05) is 11.8 Å². The smallest absolute Gasteiger partial charge is 0.151 e. The molecule has 1 saturated carbocycles. The summed E-state index contributed by atoms with van der Waals surface area (Å²) in [4.78, 5) is 12.2. The van der Waals surface area contributed by atoms with Crippen LogP contribution in [-0.4, -0.2) is 25.7 Å². The SMILES string of the molecule is O=C(C1CCCCCC1)C1CCS(=O)(=O)C1. The standard InChI is InChI=1S/C12H20O3S/c13-12(10-5-3-1-2-4-6-10)11-7-8-16(14,15)9-11/h10-11H,1-9H2. The van der Waals surface area contributed by atoms with E-state index in [1.165, 1.54) is 12.8 Å². The molecule has 2 fully saturated rings. The number of hydrogen-bond acceptors (Lipinski definition) is 3. The molecule has 92 valence electrons. The van der Waals surface area contributed by atoms with Gasteiger partial charge in [-0.3, -0.25) is 4.79 Å². The summed E-state index contributed by atoms with van der Waals surface area (Å²) < 4.78 is 22.7. The van der Waals surface area contributed by atoms with E-state index in [9.17, 15) is 13.2 Å². The monoisotopic (exact) mass is 244 g/mol. The lowest BCUT2D eigenvalue weighted by molar-refractivity contribution is -0.126. The second-order valence-electron chi connectivity index (χ2n) is 5.19. The van der Waals surface area contributed by atoms with Gasteiger partial charge >= 0.3 is 0 Å². The average molecular weight is 244 g/mol. The Morgan fingerprint density at radius 3 is 2.00 bits per heavy atom. The first kappa shape index (κ1) is 12.1. The van der Waals surface area contributed by atoms with Gasteiger partial charge in [-0.25, -0.2) is 8.42 Å². The fraction of sp³-hybridized carbons (Fsp3) is 0.917. The van der Waals surface area contributed by atoms with Crippen LogP contribution >= 0.6 is 0 Å². The number of Topliss-reactive ketones (excluding diaryl/α,β-unsaturated/α-hetero) is 1. The van der Waals surface area contributed by atoms with Gasteiger partial charge in [0.2, 0.25) is 0 Å². The van der Waals surface area contributed by atoms with Crippen LogP contribution in [0.15, 0.2) is 0 Å². The van der Waals surface area contributed by atoms with Crippen LogP contribution in [0.25, 0.3) is 0 Å². The molecule has 0 aromatic heterocycles. The summed E-state index contributed by atoms with van der Waals surface area (Å²) in [7, 11) is -2.91. The molecule has 0 spiro atoms. The van der Waals surface area contributed by atoms with E-state index in [0.29, 0.717) is 6.42 Å². The number of ketones is 1. The molecule has 1 atom stereocenters. The Balaban J connectivity index is 1.96. The lowest BCUT2D eigenvalue weighted by Crippen LogP contribution is -2.24. The number of hydrogen-bond donors (Lipinski definition) is 0. The van der Waals surface area contributed by atoms with E-state index in [4.69, 9.17) is 0 Å². The van der Waals surface area contributed by atoms with E-state index in [0.717, 1.165) is 25.7 Å². The maximum atomic E-state index is 12.2. The molecule has 1 unspecified atom stereocenters. The Morgan fingerprint density at radius 2 is 1.50 bits per heavy atom. The molecule has 2 aliphatic rings. The normalized spacial score (nSPS) is 31.1. The van der Waals surface area contributed by atoms with Gasteiger partial charge in [-0.1, -0.05) is 25.7 Å². The third-order valence-corrected chi connectivity index (χ3v) is 5.66. The second kappa shape index (κ2) is 4.86. The molecule has 1 aliphatic heterocycles. The Labute approximate surface area is 97.5 Å². The van der Waals surface area contributed by atoms with Crippen molar-refractivity contribution >= 4 is 15.6 Å². The van der Waals surface area contributed by atoms with E-state index in [1.807, 2.05) is 0 Å². The molecule has 3 nitrogen and oxygen atoms in total. The molecule has 0 N–H and O–H groups in total. The Morgan fingerprint density at radius 1 is 0.875 bits per heavy atom. The van der Waals surface area contributed by atoms with Crippen LogP contribution in [0.2, 0.25) is 0 Å². The van der Waals surface area contributed by atoms with Crippen molar-refractivity contribution < 1.29 is 13.2 Å². The minimum atomic E-state index is -2.91. The molecule has 0 aromatic carbocycles. The van der Waals surface area contributed by atoms with Gasteiger partial charge in [0.25, 0.3) is 0 Å². The zero-order chi connectivity index (χ0) is 11.6. The van der Waals surface area contributed by atoms with Gasteiger partial charge in [-0.2, -0.15) is 0 Å². The van der Waals surface area contributed by atoms with Crippen LogP contribution in [0.4, 0.5) is 0 Å². The van der Waals surface area contributed by atoms with Crippen LogP contribution in [0.1, 0.15) is 44.9 Å². The molecule has 1 heterocycles. The van der Waals surface area contributed by atoms with Gasteiger partial charge in [0.05, 0.1) is 11.5 Å². The summed E-state index contributed by atoms with van der Waals surface area (Å²) in [6.45, 7) is 0. The van der Waals surface area contributed by atoms with Crippen molar-refractivity contribution in [1.82, 2.24) is 0 Å². The molecule has 16 heavy (non-hydrogen) atoms. The molecule has 0 bridgehead atoms. The van der Waals surface area contributed by atoms with Crippen molar-refractivity contribution in [2.45, 2.75) is 44.9 Å². The van der Waals surface area contributed by atoms with Gasteiger partial charge in [-0.15, -0.1) is 0 Å². The van der Waals surface area contributed by atoms with Gasteiger partial charge in [-0.05, 0) is 19.3 Å². The summed E-state index contributed by atoms with van der Waals surface area (Å²) in [5, 5.41) is 0. The van der Waals surface area contributed by atoms with Crippen molar-refractivity contribution in [2.75, 3.05) is 11.5 Å². The largest absolute Gasteiger partial charge is 0.299 e. The summed E-state index contributed by atoms with van der Waals surface area (Å²) in [5.41, 5.74) is 0. The van der Waals surface area contributed by atoms with Crippen LogP contribution < -0.4 is 0 Å². The summed E-state index contributed by atoms with van der Waals surface area (Å²) in [6.07, 6.45) is 7.26. The Kier molecular flexibility index (Phi) is 3.67. The summed E-state index contributed by atoms with van der Waals surface area (Å²) >= 11 is 0. The molecule has 0 radical (unpaired) electrons. The van der Waals surface area contributed by atoms with Crippen molar-refractivity contribution in [3.8, 4) is 0 Å². The molecular weight excluding hydrogens is 224 g/mol. The first-order chi connectivity index (χ1) is 7.58. The predicted molar refractivity (Wildman–Crippen MR) is 63.0 cm³/mol. The molecule has 0 aromatic rings. The maximum Gasteiger partial charge on any atom is 0.151 e. The molecule has 4 heteroatoms. The van der Waals surface area contributed by atoms with E-state index < -0.39 is 9.84 Å². The topological polar surface area (TPSA) is 51.2 Å². The number of carbonyl (C=O) groups is 1. The third-order valence-electron chi connectivity index (χ3n) is 3.89. The van der Waals surface area contributed by atoms with E-state index in [-0.39, 0.29) is 29.1 Å². The van der Waals surface area contributed by atoms with Crippen molar-refractivity contribution in [3.63, 3.8) is 0 Å². The Hall–Kier alpha value is -0.380. The molecule has 0 amide bonds. The van der Waals surface area contributed by atoms with Crippen LogP contribution in [-0.2, 0) is 14.6 Å².